The van der Waals surface area contributed by atoms with E-state index < -0.39 is 17.8 Å². The fourth-order valence-corrected chi connectivity index (χ4v) is 1.79. The van der Waals surface area contributed by atoms with E-state index in [-0.39, 0.29) is 6.04 Å². The van der Waals surface area contributed by atoms with E-state index in [1.165, 1.54) is 12.1 Å². The molecular formula is C14H20F3NO. The summed E-state index contributed by atoms with van der Waals surface area (Å²) >= 11 is 0. The van der Waals surface area contributed by atoms with Crippen molar-refractivity contribution in [1.82, 2.24) is 4.90 Å². The maximum Gasteiger partial charge on any atom is 0.416 e. The summed E-state index contributed by atoms with van der Waals surface area (Å²) < 4.78 is 37.8. The van der Waals surface area contributed by atoms with E-state index in [2.05, 4.69) is 0 Å². The first-order chi connectivity index (χ1) is 8.75. The molecule has 5 heteroatoms. The number of halogens is 3. The summed E-state index contributed by atoms with van der Waals surface area (Å²) in [6, 6.07) is 5.14. The maximum absolute atomic E-state index is 12.6. The monoisotopic (exact) mass is 275 g/mol. The van der Waals surface area contributed by atoms with Gasteiger partial charge in [0.2, 0.25) is 0 Å². The maximum atomic E-state index is 12.6. The third-order valence-electron chi connectivity index (χ3n) is 3.40. The average Bonchev–Trinajstić information content (AvgIpc) is 2.36. The van der Waals surface area contributed by atoms with Crippen molar-refractivity contribution in [2.24, 2.45) is 0 Å². The largest absolute Gasteiger partial charge is 0.416 e. The molecule has 0 aliphatic carbocycles. The first kappa shape index (κ1) is 16.0. The average molecular weight is 275 g/mol. The van der Waals surface area contributed by atoms with Crippen LogP contribution in [0.1, 0.15) is 37.5 Å². The van der Waals surface area contributed by atoms with Crippen LogP contribution in [0.15, 0.2) is 24.3 Å². The number of benzene rings is 1. The second-order valence-electron chi connectivity index (χ2n) is 4.84. The van der Waals surface area contributed by atoms with Gasteiger partial charge >= 0.3 is 6.18 Å². The van der Waals surface area contributed by atoms with E-state index in [1.54, 1.807) is 0 Å². The molecule has 1 aromatic carbocycles. The molecule has 0 saturated heterocycles. The minimum absolute atomic E-state index is 0.278. The normalized spacial score (nSPS) is 15.6. The van der Waals surface area contributed by atoms with Crippen LogP contribution >= 0.6 is 0 Å². The summed E-state index contributed by atoms with van der Waals surface area (Å²) in [4.78, 5) is 1.94. The number of hydrogen-bond donors (Lipinski definition) is 1. The Bertz CT molecular complexity index is 406. The topological polar surface area (TPSA) is 23.5 Å². The molecule has 0 fully saturated rings. The third kappa shape index (κ3) is 4.51. The first-order valence-electron chi connectivity index (χ1n) is 6.31. The van der Waals surface area contributed by atoms with Crippen LogP contribution in [0, 0.1) is 0 Å². The lowest BCUT2D eigenvalue weighted by Crippen LogP contribution is -2.32. The van der Waals surface area contributed by atoms with Crippen molar-refractivity contribution in [2.75, 3.05) is 13.6 Å². The molecule has 0 aliphatic rings. The number of aliphatic hydroxyl groups is 1. The van der Waals surface area contributed by atoms with Gasteiger partial charge in [-0.3, -0.25) is 0 Å². The minimum atomic E-state index is -4.38. The van der Waals surface area contributed by atoms with Crippen molar-refractivity contribution in [3.05, 3.63) is 35.4 Å². The van der Waals surface area contributed by atoms with Gasteiger partial charge in [0.05, 0.1) is 11.7 Å². The van der Waals surface area contributed by atoms with E-state index in [9.17, 15) is 18.3 Å². The Kier molecular flexibility index (Phi) is 5.38. The molecule has 0 amide bonds. The van der Waals surface area contributed by atoms with Gasteiger partial charge in [-0.2, -0.15) is 13.2 Å². The zero-order valence-electron chi connectivity index (χ0n) is 11.4. The molecule has 1 N–H and O–H groups in total. The lowest BCUT2D eigenvalue weighted by atomic mass is 10.0. The highest BCUT2D eigenvalue weighted by Gasteiger charge is 2.31. The van der Waals surface area contributed by atoms with E-state index in [1.807, 2.05) is 25.8 Å². The molecule has 0 bridgehead atoms. The van der Waals surface area contributed by atoms with Gasteiger partial charge < -0.3 is 10.0 Å². The standard InChI is InChI=1S/C14H20F3NO/c1-4-10(2)18(3)9-13(19)11-6-5-7-12(8-11)14(15,16)17/h5-8,10,13,19H,4,9H2,1-3H3. The SMILES string of the molecule is CCC(C)N(C)CC(O)c1cccc(C(F)(F)F)c1. The lowest BCUT2D eigenvalue weighted by molar-refractivity contribution is -0.137. The quantitative estimate of drug-likeness (QED) is 0.889. The number of alkyl halides is 3. The lowest BCUT2D eigenvalue weighted by Gasteiger charge is -2.26. The number of nitrogens with zero attached hydrogens (tertiary/aromatic N) is 1. The zero-order valence-corrected chi connectivity index (χ0v) is 11.4. The molecule has 2 nitrogen and oxygen atoms in total. The van der Waals surface area contributed by atoms with Crippen LogP contribution < -0.4 is 0 Å². The van der Waals surface area contributed by atoms with Crippen LogP contribution in [0.25, 0.3) is 0 Å². The van der Waals surface area contributed by atoms with Gasteiger partial charge in [-0.1, -0.05) is 19.1 Å². The van der Waals surface area contributed by atoms with E-state index in [0.717, 1.165) is 18.6 Å². The predicted molar refractivity (Wildman–Crippen MR) is 68.8 cm³/mol. The van der Waals surface area contributed by atoms with Crippen molar-refractivity contribution in [1.29, 1.82) is 0 Å². The Balaban J connectivity index is 2.80. The molecule has 0 radical (unpaired) electrons. The van der Waals surface area contributed by atoms with Crippen LogP contribution in [0.5, 0.6) is 0 Å². The van der Waals surface area contributed by atoms with Crippen LogP contribution in [0.3, 0.4) is 0 Å². The molecule has 19 heavy (non-hydrogen) atoms. The van der Waals surface area contributed by atoms with Gasteiger partial charge in [0.15, 0.2) is 0 Å². The van der Waals surface area contributed by atoms with Gasteiger partial charge in [-0.25, -0.2) is 0 Å². The zero-order chi connectivity index (χ0) is 14.6. The summed E-state index contributed by atoms with van der Waals surface area (Å²) in [7, 11) is 1.85. The van der Waals surface area contributed by atoms with E-state index >= 15 is 0 Å². The summed E-state index contributed by atoms with van der Waals surface area (Å²) in [6.07, 6.45) is -4.37. The highest BCUT2D eigenvalue weighted by Crippen LogP contribution is 2.30. The van der Waals surface area contributed by atoms with Crippen molar-refractivity contribution < 1.29 is 18.3 Å². The molecule has 1 aromatic rings. The second-order valence-corrected chi connectivity index (χ2v) is 4.84. The Morgan fingerprint density at radius 2 is 1.95 bits per heavy atom. The van der Waals surface area contributed by atoms with Crippen molar-refractivity contribution in [2.45, 2.75) is 38.6 Å². The van der Waals surface area contributed by atoms with Gasteiger partial charge in [-0.15, -0.1) is 0 Å². The van der Waals surface area contributed by atoms with Crippen molar-refractivity contribution in [3.63, 3.8) is 0 Å². The summed E-state index contributed by atoms with van der Waals surface area (Å²) in [5.41, 5.74) is -0.430. The third-order valence-corrected chi connectivity index (χ3v) is 3.40. The van der Waals surface area contributed by atoms with Crippen LogP contribution in [-0.4, -0.2) is 29.6 Å². The Morgan fingerprint density at radius 3 is 2.47 bits per heavy atom. The molecule has 108 valence electrons. The van der Waals surface area contributed by atoms with Crippen LogP contribution in [-0.2, 0) is 6.18 Å². The molecule has 2 atom stereocenters. The molecule has 1 rings (SSSR count). The van der Waals surface area contributed by atoms with Gasteiger partial charge in [0, 0.05) is 12.6 Å². The fraction of sp³-hybridized carbons (Fsp3) is 0.571. The Morgan fingerprint density at radius 1 is 1.32 bits per heavy atom. The molecule has 0 aromatic heterocycles. The molecule has 0 saturated carbocycles. The minimum Gasteiger partial charge on any atom is -0.387 e. The van der Waals surface area contributed by atoms with Gasteiger partial charge in [0.1, 0.15) is 0 Å². The number of hydrogen-bond acceptors (Lipinski definition) is 2. The second kappa shape index (κ2) is 6.39. The fourth-order valence-electron chi connectivity index (χ4n) is 1.79. The number of aliphatic hydroxyl groups excluding tert-OH is 1. The molecule has 0 spiro atoms. The van der Waals surface area contributed by atoms with Crippen LogP contribution in [0.2, 0.25) is 0 Å². The van der Waals surface area contributed by atoms with Gasteiger partial charge in [-0.05, 0) is 38.1 Å². The van der Waals surface area contributed by atoms with Crippen LogP contribution in [0.4, 0.5) is 13.2 Å². The number of rotatable bonds is 5. The molecular weight excluding hydrogens is 255 g/mol. The van der Waals surface area contributed by atoms with E-state index in [0.29, 0.717) is 12.1 Å². The van der Waals surface area contributed by atoms with Gasteiger partial charge in [0.25, 0.3) is 0 Å². The summed E-state index contributed by atoms with van der Waals surface area (Å²) in [5.74, 6) is 0. The Hall–Kier alpha value is -1.07. The molecule has 0 aliphatic heterocycles. The van der Waals surface area contributed by atoms with Crippen molar-refractivity contribution >= 4 is 0 Å². The smallest absolute Gasteiger partial charge is 0.387 e. The number of likely N-dealkylation sites (N-methyl/N-ethyl adjacent to an activating group) is 1. The summed E-state index contributed by atoms with van der Waals surface area (Å²) in [5, 5.41) is 10.0. The Labute approximate surface area is 111 Å². The van der Waals surface area contributed by atoms with Crippen molar-refractivity contribution in [3.8, 4) is 0 Å². The first-order valence-corrected chi connectivity index (χ1v) is 6.31. The highest BCUT2D eigenvalue weighted by molar-refractivity contribution is 5.27. The molecule has 0 heterocycles. The predicted octanol–water partition coefficient (Wildman–Crippen LogP) is 3.47. The van der Waals surface area contributed by atoms with E-state index in [4.69, 9.17) is 0 Å². The molecule has 2 unspecified atom stereocenters. The highest BCUT2D eigenvalue weighted by atomic mass is 19.4. The summed E-state index contributed by atoms with van der Waals surface area (Å²) in [6.45, 7) is 4.35.